The van der Waals surface area contributed by atoms with Gasteiger partial charge in [-0.1, -0.05) is 12.8 Å². The smallest absolute Gasteiger partial charge is 0.253 e. The van der Waals surface area contributed by atoms with Crippen LogP contribution in [0.5, 0.6) is 0 Å². The van der Waals surface area contributed by atoms with Gasteiger partial charge in [0, 0.05) is 18.8 Å². The number of pyridine rings is 1. The molecule has 0 bridgehead atoms. The molecular weight excluding hydrogens is 330 g/mol. The van der Waals surface area contributed by atoms with E-state index in [0.717, 1.165) is 17.0 Å². The van der Waals surface area contributed by atoms with E-state index in [2.05, 4.69) is 29.9 Å². The van der Waals surface area contributed by atoms with Gasteiger partial charge in [0.15, 0.2) is 5.65 Å². The molecule has 8 nitrogen and oxygen atoms in total. The first-order valence-electron chi connectivity index (χ1n) is 9.18. The number of aromatic nitrogens is 6. The van der Waals surface area contributed by atoms with Crippen molar-refractivity contribution in [3.8, 4) is 0 Å². The minimum atomic E-state index is -0.239. The average Bonchev–Trinajstić information content (AvgIpc) is 3.39. The van der Waals surface area contributed by atoms with Crippen LogP contribution in [-0.2, 0) is 6.54 Å². The number of imidazole rings is 1. The fraction of sp³-hybridized carbons (Fsp3) is 0.500. The standard InChI is InChI=1S/C18H23N7O/c1-3-25-16(20-10-22-25)12(2)23-18(26)13-8-15-17(19-9-13)24(11-21-15)14-6-4-5-7-14/h8-12,14H,3-7H2,1-2H3,(H,23,26). The predicted molar refractivity (Wildman–Crippen MR) is 96.6 cm³/mol. The molecule has 1 atom stereocenters. The predicted octanol–water partition coefficient (Wildman–Crippen LogP) is 2.65. The minimum Gasteiger partial charge on any atom is -0.342 e. The summed E-state index contributed by atoms with van der Waals surface area (Å²) in [5, 5.41) is 7.11. The number of amides is 1. The van der Waals surface area contributed by atoms with Crippen LogP contribution in [0.3, 0.4) is 0 Å². The van der Waals surface area contributed by atoms with Crippen LogP contribution >= 0.6 is 0 Å². The fourth-order valence-corrected chi connectivity index (χ4v) is 3.69. The van der Waals surface area contributed by atoms with Crippen molar-refractivity contribution in [1.82, 2.24) is 34.6 Å². The van der Waals surface area contributed by atoms with E-state index in [4.69, 9.17) is 0 Å². The highest BCUT2D eigenvalue weighted by atomic mass is 16.1. The Labute approximate surface area is 151 Å². The van der Waals surface area contributed by atoms with Gasteiger partial charge in [-0.05, 0) is 32.8 Å². The second-order valence-electron chi connectivity index (χ2n) is 6.79. The van der Waals surface area contributed by atoms with E-state index in [9.17, 15) is 4.79 Å². The number of hydrogen-bond donors (Lipinski definition) is 1. The van der Waals surface area contributed by atoms with Crippen molar-refractivity contribution in [3.63, 3.8) is 0 Å². The molecule has 3 heterocycles. The lowest BCUT2D eigenvalue weighted by Crippen LogP contribution is -2.29. The third-order valence-electron chi connectivity index (χ3n) is 5.07. The van der Waals surface area contributed by atoms with Crippen LogP contribution in [0.1, 0.15) is 67.8 Å². The summed E-state index contributed by atoms with van der Waals surface area (Å²) in [5.74, 6) is 0.549. The molecule has 136 valence electrons. The molecule has 0 aliphatic heterocycles. The molecule has 1 aliphatic carbocycles. The highest BCUT2D eigenvalue weighted by molar-refractivity contribution is 5.96. The Balaban J connectivity index is 1.53. The zero-order valence-electron chi connectivity index (χ0n) is 15.1. The lowest BCUT2D eigenvalue weighted by atomic mass is 10.2. The van der Waals surface area contributed by atoms with Crippen LogP contribution in [0.15, 0.2) is 24.9 Å². The van der Waals surface area contributed by atoms with Gasteiger partial charge in [-0.2, -0.15) is 5.10 Å². The average molecular weight is 353 g/mol. The molecular formula is C18H23N7O. The molecule has 0 aromatic carbocycles. The summed E-state index contributed by atoms with van der Waals surface area (Å²) in [6, 6.07) is 2.05. The Morgan fingerprint density at radius 1 is 1.31 bits per heavy atom. The highest BCUT2D eigenvalue weighted by Crippen LogP contribution is 2.31. The number of fused-ring (bicyclic) bond motifs is 1. The zero-order valence-corrected chi connectivity index (χ0v) is 15.1. The Kier molecular flexibility index (Phi) is 4.40. The highest BCUT2D eigenvalue weighted by Gasteiger charge is 2.21. The summed E-state index contributed by atoms with van der Waals surface area (Å²) in [4.78, 5) is 25.8. The van der Waals surface area contributed by atoms with Gasteiger partial charge in [-0.25, -0.2) is 19.6 Å². The Hall–Kier alpha value is -2.77. The maximum atomic E-state index is 12.6. The maximum Gasteiger partial charge on any atom is 0.253 e. The molecule has 4 rings (SSSR count). The van der Waals surface area contributed by atoms with Gasteiger partial charge in [0.05, 0.1) is 17.9 Å². The first kappa shape index (κ1) is 16.7. The molecule has 1 unspecified atom stereocenters. The lowest BCUT2D eigenvalue weighted by molar-refractivity contribution is 0.0937. The molecule has 1 amide bonds. The monoisotopic (exact) mass is 353 g/mol. The molecule has 26 heavy (non-hydrogen) atoms. The number of hydrogen-bond acceptors (Lipinski definition) is 5. The molecule has 1 fully saturated rings. The number of aryl methyl sites for hydroxylation is 1. The third-order valence-corrected chi connectivity index (χ3v) is 5.07. The summed E-state index contributed by atoms with van der Waals surface area (Å²) in [5.41, 5.74) is 2.12. The van der Waals surface area contributed by atoms with Crippen LogP contribution in [0, 0.1) is 0 Å². The van der Waals surface area contributed by atoms with E-state index in [1.807, 2.05) is 20.2 Å². The van der Waals surface area contributed by atoms with Gasteiger partial charge in [0.1, 0.15) is 17.7 Å². The van der Waals surface area contributed by atoms with Gasteiger partial charge in [-0.15, -0.1) is 0 Å². The topological polar surface area (TPSA) is 90.5 Å². The van der Waals surface area contributed by atoms with Crippen molar-refractivity contribution < 1.29 is 4.79 Å². The first-order valence-corrected chi connectivity index (χ1v) is 9.18. The van der Waals surface area contributed by atoms with Crippen LogP contribution in [-0.4, -0.2) is 35.2 Å². The molecule has 0 saturated heterocycles. The van der Waals surface area contributed by atoms with Crippen molar-refractivity contribution in [1.29, 1.82) is 0 Å². The summed E-state index contributed by atoms with van der Waals surface area (Å²) < 4.78 is 3.92. The minimum absolute atomic E-state index is 0.187. The van der Waals surface area contributed by atoms with Gasteiger partial charge < -0.3 is 9.88 Å². The van der Waals surface area contributed by atoms with Gasteiger partial charge in [0.25, 0.3) is 5.91 Å². The van der Waals surface area contributed by atoms with Crippen molar-refractivity contribution in [2.24, 2.45) is 0 Å². The number of carbonyl (C=O) groups is 1. The van der Waals surface area contributed by atoms with E-state index in [1.165, 1.54) is 32.0 Å². The molecule has 0 spiro atoms. The lowest BCUT2D eigenvalue weighted by Gasteiger charge is -2.14. The molecule has 1 saturated carbocycles. The molecule has 1 aliphatic rings. The van der Waals surface area contributed by atoms with E-state index in [1.54, 1.807) is 16.9 Å². The molecule has 1 N–H and O–H groups in total. The molecule has 3 aromatic rings. The van der Waals surface area contributed by atoms with E-state index < -0.39 is 0 Å². The van der Waals surface area contributed by atoms with Gasteiger partial charge in [0.2, 0.25) is 0 Å². The van der Waals surface area contributed by atoms with Crippen molar-refractivity contribution in [2.45, 2.75) is 58.2 Å². The summed E-state index contributed by atoms with van der Waals surface area (Å²) in [7, 11) is 0. The molecule has 3 aromatic heterocycles. The molecule has 8 heteroatoms. The van der Waals surface area contributed by atoms with E-state index in [-0.39, 0.29) is 11.9 Å². The second kappa shape index (κ2) is 6.86. The summed E-state index contributed by atoms with van der Waals surface area (Å²) >= 11 is 0. The van der Waals surface area contributed by atoms with Crippen molar-refractivity contribution in [3.05, 3.63) is 36.3 Å². The quantitative estimate of drug-likeness (QED) is 0.761. The first-order chi connectivity index (χ1) is 12.7. The zero-order chi connectivity index (χ0) is 18.1. The Morgan fingerprint density at radius 3 is 2.88 bits per heavy atom. The SMILES string of the molecule is CCn1ncnc1C(C)NC(=O)c1cnc2c(c1)ncn2C1CCCC1. The van der Waals surface area contributed by atoms with Gasteiger partial charge in [-0.3, -0.25) is 4.79 Å². The number of nitrogens with one attached hydrogen (secondary N) is 1. The van der Waals surface area contributed by atoms with Crippen LogP contribution in [0.4, 0.5) is 0 Å². The van der Waals surface area contributed by atoms with Crippen LogP contribution in [0.25, 0.3) is 11.2 Å². The normalized spacial score (nSPS) is 16.2. The van der Waals surface area contributed by atoms with Crippen molar-refractivity contribution >= 4 is 17.1 Å². The van der Waals surface area contributed by atoms with E-state index in [0.29, 0.717) is 18.2 Å². The maximum absolute atomic E-state index is 12.6. The third kappa shape index (κ3) is 2.95. The molecule has 0 radical (unpaired) electrons. The van der Waals surface area contributed by atoms with Crippen LogP contribution in [0.2, 0.25) is 0 Å². The number of nitrogens with zero attached hydrogens (tertiary/aromatic N) is 6. The second-order valence-corrected chi connectivity index (χ2v) is 6.79. The summed E-state index contributed by atoms with van der Waals surface area (Å²) in [6.45, 7) is 4.60. The largest absolute Gasteiger partial charge is 0.342 e. The van der Waals surface area contributed by atoms with Gasteiger partial charge >= 0.3 is 0 Å². The number of carbonyl (C=O) groups excluding carboxylic acids is 1. The fourth-order valence-electron chi connectivity index (χ4n) is 3.69. The Morgan fingerprint density at radius 2 is 2.12 bits per heavy atom. The summed E-state index contributed by atoms with van der Waals surface area (Å²) in [6.07, 6.45) is 9.83. The van der Waals surface area contributed by atoms with E-state index >= 15 is 0 Å². The Bertz CT molecular complexity index is 923. The van der Waals surface area contributed by atoms with Crippen molar-refractivity contribution in [2.75, 3.05) is 0 Å². The van der Waals surface area contributed by atoms with Crippen LogP contribution < -0.4 is 5.32 Å². The number of rotatable bonds is 5.